The summed E-state index contributed by atoms with van der Waals surface area (Å²) in [5.74, 6) is 2.25. The lowest BCUT2D eigenvalue weighted by molar-refractivity contribution is 0.260. The molecule has 0 radical (unpaired) electrons. The Kier molecular flexibility index (Phi) is 5.01. The van der Waals surface area contributed by atoms with E-state index in [2.05, 4.69) is 0 Å². The summed E-state index contributed by atoms with van der Waals surface area (Å²) in [7, 11) is 0. The molecule has 0 aromatic heterocycles. The average molecular weight is 291 g/mol. The van der Waals surface area contributed by atoms with Crippen molar-refractivity contribution in [2.45, 2.75) is 110 Å². The molecule has 0 saturated heterocycles. The lowest BCUT2D eigenvalue weighted by atomic mass is 9.80. The molecule has 0 heterocycles. The highest BCUT2D eigenvalue weighted by molar-refractivity contribution is 4.96. The molecule has 4 saturated carbocycles. The Labute approximate surface area is 133 Å². The first-order chi connectivity index (χ1) is 10.3. The summed E-state index contributed by atoms with van der Waals surface area (Å²) in [6.07, 6.45) is 23.7. The third-order valence-electron chi connectivity index (χ3n) is 7.60. The second-order valence-corrected chi connectivity index (χ2v) is 8.87. The van der Waals surface area contributed by atoms with Gasteiger partial charge in [-0.1, -0.05) is 39.5 Å². The Hall–Kier alpha value is 0. The van der Waals surface area contributed by atoms with Crippen LogP contribution in [0.3, 0.4) is 0 Å². The topological polar surface area (TPSA) is 0 Å². The van der Waals surface area contributed by atoms with Gasteiger partial charge in [-0.25, -0.2) is 0 Å². The standard InChI is InChI=1S/C19H32.C2H6/c1-2-8-18(7-1)11-5-16(14-18)13-17-6-12-19(15-17)9-3-4-10-19;1-2/h16-17H,1-15H2;1-2H3. The van der Waals surface area contributed by atoms with Gasteiger partial charge in [0.15, 0.2) is 0 Å². The van der Waals surface area contributed by atoms with Gasteiger partial charge in [-0.15, -0.1) is 0 Å². The molecular formula is C21H38. The van der Waals surface area contributed by atoms with E-state index in [-0.39, 0.29) is 0 Å². The lowest BCUT2D eigenvalue weighted by Gasteiger charge is -2.25. The van der Waals surface area contributed by atoms with Gasteiger partial charge in [0.05, 0.1) is 0 Å². The maximum Gasteiger partial charge on any atom is -0.0295 e. The zero-order valence-electron chi connectivity index (χ0n) is 14.8. The van der Waals surface area contributed by atoms with Crippen molar-refractivity contribution in [2.24, 2.45) is 22.7 Å². The SMILES string of the molecule is C1CCC2(C1)CCC(CC1CCC3(CCCC3)C1)C2.CC. The van der Waals surface area contributed by atoms with E-state index in [4.69, 9.17) is 0 Å². The van der Waals surface area contributed by atoms with Crippen LogP contribution in [-0.4, -0.2) is 0 Å². The summed E-state index contributed by atoms with van der Waals surface area (Å²) in [5.41, 5.74) is 1.71. The molecule has 0 heteroatoms. The highest BCUT2D eigenvalue weighted by Gasteiger charge is 2.44. The molecule has 0 amide bonds. The zero-order chi connectivity index (χ0) is 14.8. The highest BCUT2D eigenvalue weighted by atomic mass is 14.5. The van der Waals surface area contributed by atoms with Gasteiger partial charge in [-0.2, -0.15) is 0 Å². The summed E-state index contributed by atoms with van der Waals surface area (Å²) in [6, 6.07) is 0. The van der Waals surface area contributed by atoms with Crippen LogP contribution in [0.2, 0.25) is 0 Å². The summed E-state index contributed by atoms with van der Waals surface area (Å²) < 4.78 is 0. The molecule has 0 N–H and O–H groups in total. The fraction of sp³-hybridized carbons (Fsp3) is 1.00. The van der Waals surface area contributed by atoms with Gasteiger partial charge in [-0.3, -0.25) is 0 Å². The molecule has 21 heavy (non-hydrogen) atoms. The van der Waals surface area contributed by atoms with Crippen LogP contribution in [0.25, 0.3) is 0 Å². The molecule has 4 fully saturated rings. The van der Waals surface area contributed by atoms with Crippen LogP contribution in [0, 0.1) is 22.7 Å². The van der Waals surface area contributed by atoms with Crippen LogP contribution in [0.1, 0.15) is 110 Å². The maximum atomic E-state index is 2.00. The molecule has 0 aromatic carbocycles. The Balaban J connectivity index is 0.000000636. The Bertz CT molecular complexity index is 285. The first-order valence-corrected chi connectivity index (χ1v) is 10.3. The second kappa shape index (κ2) is 6.63. The van der Waals surface area contributed by atoms with Crippen molar-refractivity contribution in [1.29, 1.82) is 0 Å². The number of rotatable bonds is 2. The first kappa shape index (κ1) is 15.9. The molecule has 4 rings (SSSR count). The van der Waals surface area contributed by atoms with E-state index in [0.29, 0.717) is 0 Å². The van der Waals surface area contributed by atoms with E-state index in [1.54, 1.807) is 96.3 Å². The van der Waals surface area contributed by atoms with Gasteiger partial charge in [0, 0.05) is 0 Å². The van der Waals surface area contributed by atoms with Gasteiger partial charge in [0.2, 0.25) is 0 Å². The van der Waals surface area contributed by atoms with Crippen molar-refractivity contribution in [3.05, 3.63) is 0 Å². The third kappa shape index (κ3) is 3.35. The summed E-state index contributed by atoms with van der Waals surface area (Å²) in [6.45, 7) is 4.00. The Morgan fingerprint density at radius 3 is 1.38 bits per heavy atom. The minimum Gasteiger partial charge on any atom is -0.0683 e. The minimum absolute atomic E-state index is 0.855. The molecule has 122 valence electrons. The van der Waals surface area contributed by atoms with Crippen molar-refractivity contribution < 1.29 is 0 Å². The molecule has 0 aromatic rings. The average Bonchev–Trinajstić information content (AvgIpc) is 3.28. The molecule has 0 aliphatic heterocycles. The number of hydrogen-bond donors (Lipinski definition) is 0. The van der Waals surface area contributed by atoms with E-state index >= 15 is 0 Å². The molecule has 0 nitrogen and oxygen atoms in total. The van der Waals surface area contributed by atoms with E-state index in [1.807, 2.05) is 13.8 Å². The number of hydrogen-bond acceptors (Lipinski definition) is 0. The normalized spacial score (nSPS) is 36.3. The first-order valence-electron chi connectivity index (χ1n) is 10.3. The monoisotopic (exact) mass is 290 g/mol. The zero-order valence-corrected chi connectivity index (χ0v) is 14.8. The second-order valence-electron chi connectivity index (χ2n) is 8.87. The van der Waals surface area contributed by atoms with Crippen molar-refractivity contribution in [1.82, 2.24) is 0 Å². The van der Waals surface area contributed by atoms with Crippen LogP contribution in [0.15, 0.2) is 0 Å². The lowest BCUT2D eigenvalue weighted by Crippen LogP contribution is -2.14. The molecule has 4 aliphatic carbocycles. The minimum atomic E-state index is 0.855. The summed E-state index contributed by atoms with van der Waals surface area (Å²) in [5, 5.41) is 0. The molecule has 2 unspecified atom stereocenters. The molecule has 0 bridgehead atoms. The van der Waals surface area contributed by atoms with Crippen molar-refractivity contribution in [3.63, 3.8) is 0 Å². The molecular weight excluding hydrogens is 252 g/mol. The summed E-state index contributed by atoms with van der Waals surface area (Å²) >= 11 is 0. The Morgan fingerprint density at radius 2 is 1.00 bits per heavy atom. The van der Waals surface area contributed by atoms with Crippen LogP contribution < -0.4 is 0 Å². The van der Waals surface area contributed by atoms with Crippen LogP contribution in [0.5, 0.6) is 0 Å². The predicted molar refractivity (Wildman–Crippen MR) is 92.4 cm³/mol. The van der Waals surface area contributed by atoms with Crippen LogP contribution >= 0.6 is 0 Å². The maximum absolute atomic E-state index is 2.00. The van der Waals surface area contributed by atoms with E-state index in [0.717, 1.165) is 22.7 Å². The highest BCUT2D eigenvalue weighted by Crippen LogP contribution is 2.57. The quantitative estimate of drug-likeness (QED) is 0.507. The Morgan fingerprint density at radius 1 is 0.619 bits per heavy atom. The van der Waals surface area contributed by atoms with Gasteiger partial charge >= 0.3 is 0 Å². The van der Waals surface area contributed by atoms with Crippen LogP contribution in [-0.2, 0) is 0 Å². The van der Waals surface area contributed by atoms with Gasteiger partial charge in [0.1, 0.15) is 0 Å². The fourth-order valence-corrected chi connectivity index (χ4v) is 6.69. The third-order valence-corrected chi connectivity index (χ3v) is 7.60. The summed E-state index contributed by atoms with van der Waals surface area (Å²) in [4.78, 5) is 0. The van der Waals surface area contributed by atoms with E-state index in [1.165, 1.54) is 0 Å². The van der Waals surface area contributed by atoms with Crippen molar-refractivity contribution in [3.8, 4) is 0 Å². The van der Waals surface area contributed by atoms with Crippen molar-refractivity contribution >= 4 is 0 Å². The largest absolute Gasteiger partial charge is 0.0683 e. The van der Waals surface area contributed by atoms with Gasteiger partial charge < -0.3 is 0 Å². The van der Waals surface area contributed by atoms with E-state index in [9.17, 15) is 0 Å². The van der Waals surface area contributed by atoms with Crippen LogP contribution in [0.4, 0.5) is 0 Å². The van der Waals surface area contributed by atoms with Gasteiger partial charge in [-0.05, 0) is 93.3 Å². The predicted octanol–water partition coefficient (Wildman–Crippen LogP) is 7.12. The molecule has 4 aliphatic rings. The molecule has 2 atom stereocenters. The smallest absolute Gasteiger partial charge is 0.0295 e. The van der Waals surface area contributed by atoms with Crippen molar-refractivity contribution in [2.75, 3.05) is 0 Å². The molecule has 2 spiro atoms. The van der Waals surface area contributed by atoms with E-state index < -0.39 is 0 Å². The van der Waals surface area contributed by atoms with Gasteiger partial charge in [0.25, 0.3) is 0 Å². The fourth-order valence-electron chi connectivity index (χ4n) is 6.69.